The molecule has 0 N–H and O–H groups in total. The van der Waals surface area contributed by atoms with Crippen LogP contribution in [0.2, 0.25) is 0 Å². The molecule has 1 unspecified atom stereocenters. The Hall–Kier alpha value is -0.800. The average Bonchev–Trinajstić information content (AvgIpc) is 2.01. The second kappa shape index (κ2) is 3.52. The van der Waals surface area contributed by atoms with Gasteiger partial charge in [0.2, 0.25) is 0 Å². The van der Waals surface area contributed by atoms with E-state index in [-0.39, 0.29) is 25.0 Å². The number of hydrogen-bond donors (Lipinski definition) is 0. The van der Waals surface area contributed by atoms with E-state index in [0.717, 1.165) is 0 Å². The van der Waals surface area contributed by atoms with Gasteiger partial charge < -0.3 is 0 Å². The average molecular weight is 192 g/mol. The van der Waals surface area contributed by atoms with E-state index >= 15 is 0 Å². The van der Waals surface area contributed by atoms with Crippen LogP contribution >= 0.6 is 0 Å². The second-order valence-electron chi connectivity index (χ2n) is 3.31. The van der Waals surface area contributed by atoms with Gasteiger partial charge in [0, 0.05) is 12.8 Å². The SMILES string of the molecule is CC=C1CC(=O)CC(C(F)(F)F)C1. The Balaban J connectivity index is 2.74. The maximum Gasteiger partial charge on any atom is 0.392 e. The summed E-state index contributed by atoms with van der Waals surface area (Å²) in [5, 5.41) is 0. The molecule has 0 heterocycles. The predicted octanol–water partition coefficient (Wildman–Crippen LogP) is 2.86. The van der Waals surface area contributed by atoms with Crippen molar-refractivity contribution in [3.8, 4) is 0 Å². The molecule has 0 spiro atoms. The minimum absolute atomic E-state index is 0.00819. The highest BCUT2D eigenvalue weighted by molar-refractivity contribution is 5.82. The first-order valence-electron chi connectivity index (χ1n) is 4.16. The maximum atomic E-state index is 12.2. The molecule has 1 rings (SSSR count). The molecular formula is C9H11F3O. The van der Waals surface area contributed by atoms with E-state index in [0.29, 0.717) is 5.57 Å². The Bertz CT molecular complexity index is 240. The molecule has 0 aliphatic heterocycles. The molecule has 1 saturated carbocycles. The highest BCUT2D eigenvalue weighted by Crippen LogP contribution is 2.38. The number of rotatable bonds is 0. The molecule has 0 amide bonds. The molecule has 13 heavy (non-hydrogen) atoms. The van der Waals surface area contributed by atoms with E-state index < -0.39 is 12.1 Å². The van der Waals surface area contributed by atoms with Crippen molar-refractivity contribution in [1.29, 1.82) is 0 Å². The molecule has 0 aromatic heterocycles. The molecule has 1 fully saturated rings. The molecule has 0 aromatic carbocycles. The first-order valence-corrected chi connectivity index (χ1v) is 4.16. The van der Waals surface area contributed by atoms with Gasteiger partial charge in [-0.1, -0.05) is 11.6 Å². The van der Waals surface area contributed by atoms with Gasteiger partial charge >= 0.3 is 6.18 Å². The third kappa shape index (κ3) is 2.57. The molecule has 1 nitrogen and oxygen atoms in total. The van der Waals surface area contributed by atoms with Crippen molar-refractivity contribution in [3.05, 3.63) is 11.6 Å². The van der Waals surface area contributed by atoms with Gasteiger partial charge in [0.15, 0.2) is 0 Å². The topological polar surface area (TPSA) is 17.1 Å². The van der Waals surface area contributed by atoms with Crippen molar-refractivity contribution in [1.82, 2.24) is 0 Å². The number of halogens is 3. The minimum Gasteiger partial charge on any atom is -0.299 e. The lowest BCUT2D eigenvalue weighted by Crippen LogP contribution is -2.29. The fourth-order valence-corrected chi connectivity index (χ4v) is 1.51. The van der Waals surface area contributed by atoms with E-state index in [9.17, 15) is 18.0 Å². The maximum absolute atomic E-state index is 12.2. The molecule has 1 aliphatic carbocycles. The van der Waals surface area contributed by atoms with Crippen LogP contribution in [0, 0.1) is 5.92 Å². The Morgan fingerprint density at radius 3 is 2.46 bits per heavy atom. The minimum atomic E-state index is -4.23. The van der Waals surface area contributed by atoms with Crippen molar-refractivity contribution in [2.45, 2.75) is 32.4 Å². The monoisotopic (exact) mass is 192 g/mol. The quantitative estimate of drug-likeness (QED) is 0.539. The lowest BCUT2D eigenvalue weighted by Gasteiger charge is -2.25. The lowest BCUT2D eigenvalue weighted by molar-refractivity contribution is -0.180. The summed E-state index contributed by atoms with van der Waals surface area (Å²) in [4.78, 5) is 10.9. The number of Topliss-reactive ketones (excluding diaryl/α,β-unsaturated/α-hetero) is 1. The van der Waals surface area contributed by atoms with Crippen LogP contribution in [-0.4, -0.2) is 12.0 Å². The third-order valence-electron chi connectivity index (χ3n) is 2.28. The Labute approximate surface area is 74.6 Å². The summed E-state index contributed by atoms with van der Waals surface area (Å²) in [6, 6.07) is 0. The van der Waals surface area contributed by atoms with Gasteiger partial charge in [-0.25, -0.2) is 0 Å². The Morgan fingerprint density at radius 2 is 2.00 bits per heavy atom. The van der Waals surface area contributed by atoms with Gasteiger partial charge in [-0.3, -0.25) is 4.79 Å². The highest BCUT2D eigenvalue weighted by Gasteiger charge is 2.42. The summed E-state index contributed by atoms with van der Waals surface area (Å²) >= 11 is 0. The van der Waals surface area contributed by atoms with E-state index in [1.54, 1.807) is 13.0 Å². The van der Waals surface area contributed by atoms with Crippen LogP contribution in [0.1, 0.15) is 26.2 Å². The first-order chi connectivity index (χ1) is 5.93. The fourth-order valence-electron chi connectivity index (χ4n) is 1.51. The van der Waals surface area contributed by atoms with Crippen LogP contribution < -0.4 is 0 Å². The van der Waals surface area contributed by atoms with Crippen molar-refractivity contribution in [2.75, 3.05) is 0 Å². The summed E-state index contributed by atoms with van der Waals surface area (Å²) in [5.41, 5.74) is 0.610. The van der Waals surface area contributed by atoms with Crippen LogP contribution in [0.5, 0.6) is 0 Å². The van der Waals surface area contributed by atoms with Crippen LogP contribution in [0.4, 0.5) is 13.2 Å². The largest absolute Gasteiger partial charge is 0.392 e. The molecule has 0 radical (unpaired) electrons. The van der Waals surface area contributed by atoms with Gasteiger partial charge in [-0.05, 0) is 13.3 Å². The number of ketones is 1. The number of alkyl halides is 3. The van der Waals surface area contributed by atoms with Crippen LogP contribution in [0.15, 0.2) is 11.6 Å². The zero-order chi connectivity index (χ0) is 10.1. The normalized spacial score (nSPS) is 28.2. The second-order valence-corrected chi connectivity index (χ2v) is 3.31. The Morgan fingerprint density at radius 1 is 1.38 bits per heavy atom. The summed E-state index contributed by atoms with van der Waals surface area (Å²) in [5.74, 6) is -1.76. The zero-order valence-electron chi connectivity index (χ0n) is 7.32. The van der Waals surface area contributed by atoms with Crippen molar-refractivity contribution in [3.63, 3.8) is 0 Å². The first kappa shape index (κ1) is 10.3. The number of carbonyl (C=O) groups excluding carboxylic acids is 1. The number of carbonyl (C=O) groups is 1. The standard InChI is InChI=1S/C9H11F3O/c1-2-6-3-7(9(10,11)12)5-8(13)4-6/h2,7H,3-5H2,1H3. The van der Waals surface area contributed by atoms with Gasteiger partial charge in [0.1, 0.15) is 5.78 Å². The van der Waals surface area contributed by atoms with E-state index in [1.807, 2.05) is 0 Å². The molecule has 0 bridgehead atoms. The molecule has 74 valence electrons. The van der Waals surface area contributed by atoms with Crippen LogP contribution in [0.3, 0.4) is 0 Å². The van der Waals surface area contributed by atoms with Crippen LogP contribution in [0.25, 0.3) is 0 Å². The molecule has 1 aliphatic rings. The van der Waals surface area contributed by atoms with Gasteiger partial charge in [-0.15, -0.1) is 0 Å². The van der Waals surface area contributed by atoms with Crippen molar-refractivity contribution < 1.29 is 18.0 Å². The summed E-state index contributed by atoms with van der Waals surface area (Å²) < 4.78 is 36.7. The van der Waals surface area contributed by atoms with E-state index in [2.05, 4.69) is 0 Å². The third-order valence-corrected chi connectivity index (χ3v) is 2.28. The molecule has 0 saturated heterocycles. The van der Waals surface area contributed by atoms with Crippen molar-refractivity contribution in [2.24, 2.45) is 5.92 Å². The summed E-state index contributed by atoms with van der Waals surface area (Å²) in [7, 11) is 0. The fraction of sp³-hybridized carbons (Fsp3) is 0.667. The zero-order valence-corrected chi connectivity index (χ0v) is 7.32. The van der Waals surface area contributed by atoms with E-state index in [1.165, 1.54) is 0 Å². The van der Waals surface area contributed by atoms with Gasteiger partial charge in [0.05, 0.1) is 5.92 Å². The summed E-state index contributed by atoms with van der Waals surface area (Å²) in [6.45, 7) is 1.67. The van der Waals surface area contributed by atoms with Crippen LogP contribution in [-0.2, 0) is 4.79 Å². The predicted molar refractivity (Wildman–Crippen MR) is 42.2 cm³/mol. The number of allylic oxidation sites excluding steroid dienone is 2. The van der Waals surface area contributed by atoms with Gasteiger partial charge in [0.25, 0.3) is 0 Å². The molecular weight excluding hydrogens is 181 g/mol. The number of hydrogen-bond acceptors (Lipinski definition) is 1. The molecule has 0 aromatic rings. The van der Waals surface area contributed by atoms with Gasteiger partial charge in [-0.2, -0.15) is 13.2 Å². The Kier molecular flexibility index (Phi) is 2.78. The van der Waals surface area contributed by atoms with E-state index in [4.69, 9.17) is 0 Å². The summed E-state index contributed by atoms with van der Waals surface area (Å²) in [6.07, 6.45) is -2.78. The lowest BCUT2D eigenvalue weighted by atomic mass is 9.84. The smallest absolute Gasteiger partial charge is 0.299 e. The molecule has 4 heteroatoms. The van der Waals surface area contributed by atoms with Crippen molar-refractivity contribution >= 4 is 5.78 Å². The highest BCUT2D eigenvalue weighted by atomic mass is 19.4. The molecule has 1 atom stereocenters.